The Morgan fingerprint density at radius 3 is 2.43 bits per heavy atom. The Kier molecular flexibility index (Phi) is 5.39. The molecular formula is C20H19N3O5. The topological polar surface area (TPSA) is 103 Å². The number of aryl methyl sites for hydroxylation is 1. The van der Waals surface area contributed by atoms with Crippen LogP contribution in [0, 0.1) is 10.1 Å². The monoisotopic (exact) mass is 381 g/mol. The van der Waals surface area contributed by atoms with E-state index in [2.05, 4.69) is 5.32 Å². The maximum atomic E-state index is 12.7. The number of pyridine rings is 1. The summed E-state index contributed by atoms with van der Waals surface area (Å²) in [6.07, 6.45) is 0. The molecule has 0 saturated heterocycles. The van der Waals surface area contributed by atoms with Crippen molar-refractivity contribution >= 4 is 33.9 Å². The highest BCUT2D eigenvalue weighted by Crippen LogP contribution is 2.32. The number of ether oxygens (including phenoxy) is 1. The maximum absolute atomic E-state index is 12.7. The molecule has 0 radical (unpaired) electrons. The van der Waals surface area contributed by atoms with Crippen molar-refractivity contribution in [2.24, 2.45) is 0 Å². The van der Waals surface area contributed by atoms with Gasteiger partial charge in [-0.2, -0.15) is 0 Å². The minimum Gasteiger partial charge on any atom is -0.462 e. The quantitative estimate of drug-likeness (QED) is 0.395. The van der Waals surface area contributed by atoms with Crippen molar-refractivity contribution in [3.05, 3.63) is 74.6 Å². The first-order chi connectivity index (χ1) is 13.5. The van der Waals surface area contributed by atoms with Crippen molar-refractivity contribution in [1.29, 1.82) is 0 Å². The molecule has 3 rings (SSSR count). The second kappa shape index (κ2) is 7.91. The van der Waals surface area contributed by atoms with Crippen molar-refractivity contribution < 1.29 is 14.5 Å². The average Bonchev–Trinajstić information content (AvgIpc) is 2.68. The molecule has 1 N–H and O–H groups in total. The van der Waals surface area contributed by atoms with Gasteiger partial charge in [0.15, 0.2) is 0 Å². The Bertz CT molecular complexity index is 1100. The van der Waals surface area contributed by atoms with E-state index in [1.165, 1.54) is 4.57 Å². The number of carbonyl (C=O) groups is 1. The lowest BCUT2D eigenvalue weighted by Gasteiger charge is -2.14. The highest BCUT2D eigenvalue weighted by atomic mass is 16.6. The molecule has 0 fully saturated rings. The third-order valence-corrected chi connectivity index (χ3v) is 4.31. The summed E-state index contributed by atoms with van der Waals surface area (Å²) in [4.78, 5) is 35.5. The molecule has 0 bridgehead atoms. The molecule has 0 aliphatic carbocycles. The predicted molar refractivity (Wildman–Crippen MR) is 106 cm³/mol. The minimum absolute atomic E-state index is 0.124. The number of nitro groups is 1. The third kappa shape index (κ3) is 3.44. The van der Waals surface area contributed by atoms with Gasteiger partial charge in [0.25, 0.3) is 0 Å². The van der Waals surface area contributed by atoms with Crippen LogP contribution in [0.1, 0.15) is 24.2 Å². The molecule has 0 aliphatic rings. The lowest BCUT2D eigenvalue weighted by Crippen LogP contribution is -2.23. The zero-order valence-electron chi connectivity index (χ0n) is 15.5. The standard InChI is InChI=1S/C20H19N3O5/c1-3-22-16-8-6-5-7-15(16)17(18(19(22)24)23(26)27)21-14-11-9-13(10-12-14)20(25)28-4-2/h5-12,21H,3-4H2,1-2H3. The second-order valence-electron chi connectivity index (χ2n) is 5.97. The number of nitrogens with one attached hydrogen (secondary N) is 1. The van der Waals surface area contributed by atoms with E-state index in [0.717, 1.165) is 0 Å². The van der Waals surface area contributed by atoms with E-state index in [4.69, 9.17) is 4.74 Å². The Morgan fingerprint density at radius 1 is 1.14 bits per heavy atom. The molecular weight excluding hydrogens is 362 g/mol. The van der Waals surface area contributed by atoms with Gasteiger partial charge in [0.05, 0.1) is 22.6 Å². The molecule has 144 valence electrons. The van der Waals surface area contributed by atoms with Gasteiger partial charge in [-0.3, -0.25) is 14.9 Å². The Morgan fingerprint density at radius 2 is 1.82 bits per heavy atom. The van der Waals surface area contributed by atoms with Crippen LogP contribution >= 0.6 is 0 Å². The number of rotatable bonds is 6. The van der Waals surface area contributed by atoms with Crippen LogP contribution in [0.3, 0.4) is 0 Å². The van der Waals surface area contributed by atoms with Crippen LogP contribution in [0.2, 0.25) is 0 Å². The summed E-state index contributed by atoms with van der Waals surface area (Å²) >= 11 is 0. The van der Waals surface area contributed by atoms with Crippen molar-refractivity contribution in [1.82, 2.24) is 4.57 Å². The number of hydrogen-bond acceptors (Lipinski definition) is 6. The van der Waals surface area contributed by atoms with E-state index >= 15 is 0 Å². The third-order valence-electron chi connectivity index (χ3n) is 4.31. The number of hydrogen-bond donors (Lipinski definition) is 1. The Labute approximate surface area is 160 Å². The van der Waals surface area contributed by atoms with E-state index in [-0.39, 0.29) is 12.3 Å². The highest BCUT2D eigenvalue weighted by Gasteiger charge is 2.25. The summed E-state index contributed by atoms with van der Waals surface area (Å²) in [7, 11) is 0. The number of aromatic nitrogens is 1. The summed E-state index contributed by atoms with van der Waals surface area (Å²) in [6, 6.07) is 13.3. The molecule has 0 unspecified atom stereocenters. The smallest absolute Gasteiger partial charge is 0.357 e. The number of benzene rings is 2. The van der Waals surface area contributed by atoms with Gasteiger partial charge in [-0.25, -0.2) is 4.79 Å². The number of nitrogens with zero attached hydrogens (tertiary/aromatic N) is 2. The number of esters is 1. The zero-order valence-corrected chi connectivity index (χ0v) is 15.5. The first-order valence-electron chi connectivity index (χ1n) is 8.82. The Balaban J connectivity index is 2.13. The summed E-state index contributed by atoms with van der Waals surface area (Å²) in [5.74, 6) is -0.448. The molecule has 2 aromatic carbocycles. The van der Waals surface area contributed by atoms with Crippen molar-refractivity contribution in [2.45, 2.75) is 20.4 Å². The number of fused-ring (bicyclic) bond motifs is 1. The number of para-hydroxylation sites is 1. The van der Waals surface area contributed by atoms with Crippen LogP contribution in [0.4, 0.5) is 17.1 Å². The molecule has 1 heterocycles. The van der Waals surface area contributed by atoms with Gasteiger partial charge in [-0.05, 0) is 44.2 Å². The number of anilines is 2. The lowest BCUT2D eigenvalue weighted by atomic mass is 10.1. The fourth-order valence-corrected chi connectivity index (χ4v) is 3.05. The van der Waals surface area contributed by atoms with E-state index in [0.29, 0.717) is 28.7 Å². The molecule has 0 saturated carbocycles. The fourth-order valence-electron chi connectivity index (χ4n) is 3.05. The van der Waals surface area contributed by atoms with E-state index in [1.54, 1.807) is 62.4 Å². The normalized spacial score (nSPS) is 10.6. The van der Waals surface area contributed by atoms with Gasteiger partial charge in [-0.1, -0.05) is 18.2 Å². The SMILES string of the molecule is CCOC(=O)c1ccc(Nc2c([N+](=O)[O-])c(=O)n(CC)c3ccccc23)cc1. The van der Waals surface area contributed by atoms with Crippen LogP contribution in [0.5, 0.6) is 0 Å². The molecule has 0 atom stereocenters. The summed E-state index contributed by atoms with van der Waals surface area (Å²) in [5.41, 5.74) is 0.417. The average molecular weight is 381 g/mol. The molecule has 8 heteroatoms. The van der Waals surface area contributed by atoms with Crippen molar-refractivity contribution in [2.75, 3.05) is 11.9 Å². The van der Waals surface area contributed by atoms with Gasteiger partial charge in [0.2, 0.25) is 0 Å². The zero-order chi connectivity index (χ0) is 20.3. The lowest BCUT2D eigenvalue weighted by molar-refractivity contribution is -0.385. The van der Waals surface area contributed by atoms with Crippen molar-refractivity contribution in [3.8, 4) is 0 Å². The van der Waals surface area contributed by atoms with Crippen molar-refractivity contribution in [3.63, 3.8) is 0 Å². The van der Waals surface area contributed by atoms with E-state index in [1.807, 2.05) is 0 Å². The van der Waals surface area contributed by atoms with Crippen LogP contribution in [-0.2, 0) is 11.3 Å². The molecule has 8 nitrogen and oxygen atoms in total. The first kappa shape index (κ1) is 19.1. The molecule has 0 amide bonds. The predicted octanol–water partition coefficient (Wildman–Crippen LogP) is 3.85. The molecule has 0 aliphatic heterocycles. The summed E-state index contributed by atoms with van der Waals surface area (Å²) in [6.45, 7) is 4.06. The van der Waals surface area contributed by atoms with Crippen LogP contribution in [-0.4, -0.2) is 22.1 Å². The van der Waals surface area contributed by atoms with Crippen LogP contribution in [0.15, 0.2) is 53.3 Å². The summed E-state index contributed by atoms with van der Waals surface area (Å²) < 4.78 is 6.32. The number of carbonyl (C=O) groups excluding carboxylic acids is 1. The van der Waals surface area contributed by atoms with Gasteiger partial charge in [0.1, 0.15) is 5.69 Å². The van der Waals surface area contributed by atoms with Gasteiger partial charge >= 0.3 is 17.2 Å². The van der Waals surface area contributed by atoms with Gasteiger partial charge < -0.3 is 14.6 Å². The molecule has 0 spiro atoms. The largest absolute Gasteiger partial charge is 0.462 e. The summed E-state index contributed by atoms with van der Waals surface area (Å²) in [5, 5.41) is 15.2. The minimum atomic E-state index is -0.670. The maximum Gasteiger partial charge on any atom is 0.357 e. The van der Waals surface area contributed by atoms with E-state index in [9.17, 15) is 19.7 Å². The highest BCUT2D eigenvalue weighted by molar-refractivity contribution is 5.98. The van der Waals surface area contributed by atoms with E-state index < -0.39 is 22.1 Å². The van der Waals surface area contributed by atoms with Gasteiger partial charge in [0, 0.05) is 17.6 Å². The van der Waals surface area contributed by atoms with Gasteiger partial charge in [-0.15, -0.1) is 0 Å². The molecule has 28 heavy (non-hydrogen) atoms. The molecule has 3 aromatic rings. The molecule has 1 aromatic heterocycles. The Hall–Kier alpha value is -3.68. The first-order valence-corrected chi connectivity index (χ1v) is 8.82. The second-order valence-corrected chi connectivity index (χ2v) is 5.97. The van der Waals surface area contributed by atoms with Crippen LogP contribution < -0.4 is 10.9 Å². The fraction of sp³-hybridized carbons (Fsp3) is 0.200. The van der Waals surface area contributed by atoms with Crippen LogP contribution in [0.25, 0.3) is 10.9 Å².